The second-order valence-corrected chi connectivity index (χ2v) is 5.01. The summed E-state index contributed by atoms with van der Waals surface area (Å²) in [5, 5.41) is 11.1. The Labute approximate surface area is 102 Å². The summed E-state index contributed by atoms with van der Waals surface area (Å²) in [7, 11) is 0. The summed E-state index contributed by atoms with van der Waals surface area (Å²) in [5.41, 5.74) is 0. The van der Waals surface area contributed by atoms with Crippen molar-refractivity contribution in [2.75, 3.05) is 32.8 Å². The Hall–Kier alpha value is -0.810. The summed E-state index contributed by atoms with van der Waals surface area (Å²) < 4.78 is 5.36. The van der Waals surface area contributed by atoms with Gasteiger partial charge in [0, 0.05) is 25.7 Å². The summed E-state index contributed by atoms with van der Waals surface area (Å²) in [6.45, 7) is 4.46. The lowest BCUT2D eigenvalue weighted by molar-refractivity contribution is 0.00500. The summed E-state index contributed by atoms with van der Waals surface area (Å²) in [6, 6.07) is 0.694. The molecule has 0 spiro atoms. The van der Waals surface area contributed by atoms with Gasteiger partial charge in [-0.3, -0.25) is 4.90 Å². The van der Waals surface area contributed by atoms with Gasteiger partial charge in [-0.15, -0.1) is 0 Å². The maximum absolute atomic E-state index is 10.4. The first-order valence-corrected chi connectivity index (χ1v) is 6.54. The van der Waals surface area contributed by atoms with Gasteiger partial charge in [-0.1, -0.05) is 0 Å². The predicted molar refractivity (Wildman–Crippen MR) is 64.2 cm³/mol. The molecular weight excluding hydrogens is 220 g/mol. The third-order valence-corrected chi connectivity index (χ3v) is 3.92. The fraction of sp³-hybridized carbons (Fsp3) is 0.917. The molecule has 0 aromatic carbocycles. The van der Waals surface area contributed by atoms with Crippen molar-refractivity contribution in [2.45, 2.75) is 31.7 Å². The van der Waals surface area contributed by atoms with Crippen LogP contribution in [0.15, 0.2) is 0 Å². The number of ether oxygens (including phenoxy) is 1. The molecule has 1 saturated heterocycles. The van der Waals surface area contributed by atoms with E-state index in [0.717, 1.165) is 39.1 Å². The van der Waals surface area contributed by atoms with Crippen molar-refractivity contribution in [3.05, 3.63) is 0 Å². The van der Waals surface area contributed by atoms with E-state index < -0.39 is 6.09 Å². The van der Waals surface area contributed by atoms with Crippen LogP contribution in [-0.4, -0.2) is 55.0 Å². The van der Waals surface area contributed by atoms with E-state index in [2.05, 4.69) is 10.2 Å². The second kappa shape index (κ2) is 6.21. The molecule has 0 unspecified atom stereocenters. The van der Waals surface area contributed by atoms with Crippen LogP contribution in [0.4, 0.5) is 4.79 Å². The summed E-state index contributed by atoms with van der Waals surface area (Å²) in [6.07, 6.45) is 3.78. The Balaban J connectivity index is 1.68. The maximum Gasteiger partial charge on any atom is 0.404 e. The smallest absolute Gasteiger partial charge is 0.404 e. The number of carboxylic acid groups (broad SMARTS) is 1. The number of rotatable bonds is 3. The Morgan fingerprint density at radius 2 is 1.88 bits per heavy atom. The quantitative estimate of drug-likeness (QED) is 0.779. The molecule has 2 aliphatic rings. The highest BCUT2D eigenvalue weighted by Gasteiger charge is 2.26. The van der Waals surface area contributed by atoms with Crippen molar-refractivity contribution in [1.82, 2.24) is 10.2 Å². The molecule has 5 heteroatoms. The molecular formula is C12H22N2O3. The lowest BCUT2D eigenvalue weighted by Crippen LogP contribution is -2.45. The third kappa shape index (κ3) is 3.85. The van der Waals surface area contributed by atoms with E-state index in [1.807, 2.05) is 0 Å². The number of amides is 1. The molecule has 1 heterocycles. The molecule has 0 aromatic heterocycles. The number of morpholine rings is 1. The number of nitrogens with zero attached hydrogens (tertiary/aromatic N) is 1. The molecule has 5 nitrogen and oxygen atoms in total. The van der Waals surface area contributed by atoms with Gasteiger partial charge < -0.3 is 15.2 Å². The van der Waals surface area contributed by atoms with Crippen LogP contribution in [0.25, 0.3) is 0 Å². The minimum Gasteiger partial charge on any atom is -0.465 e. The molecule has 1 aliphatic carbocycles. The molecule has 0 aromatic rings. The van der Waals surface area contributed by atoms with E-state index >= 15 is 0 Å². The van der Waals surface area contributed by atoms with Crippen LogP contribution in [0.2, 0.25) is 0 Å². The number of hydrogen-bond acceptors (Lipinski definition) is 3. The zero-order valence-electron chi connectivity index (χ0n) is 10.2. The molecule has 2 fully saturated rings. The van der Waals surface area contributed by atoms with E-state index in [9.17, 15) is 4.79 Å². The van der Waals surface area contributed by atoms with Gasteiger partial charge in [-0.2, -0.15) is 0 Å². The average Bonchev–Trinajstić information content (AvgIpc) is 2.38. The highest BCUT2D eigenvalue weighted by atomic mass is 16.5. The molecule has 2 rings (SSSR count). The highest BCUT2D eigenvalue weighted by molar-refractivity contribution is 5.64. The van der Waals surface area contributed by atoms with Gasteiger partial charge in [0.1, 0.15) is 0 Å². The summed E-state index contributed by atoms with van der Waals surface area (Å²) in [4.78, 5) is 13.0. The van der Waals surface area contributed by atoms with Gasteiger partial charge in [-0.25, -0.2) is 4.79 Å². The Kier molecular flexibility index (Phi) is 4.62. The van der Waals surface area contributed by atoms with E-state index in [0.29, 0.717) is 18.5 Å². The van der Waals surface area contributed by atoms with Crippen LogP contribution in [0, 0.1) is 5.92 Å². The molecule has 2 N–H and O–H groups in total. The zero-order chi connectivity index (χ0) is 12.1. The van der Waals surface area contributed by atoms with Crippen molar-refractivity contribution in [1.29, 1.82) is 0 Å². The normalized spacial score (nSPS) is 31.1. The topological polar surface area (TPSA) is 61.8 Å². The van der Waals surface area contributed by atoms with Gasteiger partial charge in [0.15, 0.2) is 0 Å². The van der Waals surface area contributed by atoms with E-state index in [4.69, 9.17) is 9.84 Å². The summed E-state index contributed by atoms with van der Waals surface area (Å²) in [5.74, 6) is 0.531. The molecule has 1 saturated carbocycles. The van der Waals surface area contributed by atoms with E-state index in [1.54, 1.807) is 0 Å². The van der Waals surface area contributed by atoms with Crippen LogP contribution < -0.4 is 5.32 Å². The van der Waals surface area contributed by atoms with Gasteiger partial charge >= 0.3 is 6.09 Å². The van der Waals surface area contributed by atoms with Gasteiger partial charge in [-0.05, 0) is 31.6 Å². The molecule has 17 heavy (non-hydrogen) atoms. The number of hydrogen-bond donors (Lipinski definition) is 2. The van der Waals surface area contributed by atoms with Crippen LogP contribution in [0.3, 0.4) is 0 Å². The maximum atomic E-state index is 10.4. The van der Waals surface area contributed by atoms with Crippen LogP contribution >= 0.6 is 0 Å². The molecule has 0 bridgehead atoms. The lowest BCUT2D eigenvalue weighted by Gasteiger charge is -2.38. The second-order valence-electron chi connectivity index (χ2n) is 5.01. The Morgan fingerprint density at radius 1 is 1.24 bits per heavy atom. The third-order valence-electron chi connectivity index (χ3n) is 3.92. The van der Waals surface area contributed by atoms with Crippen molar-refractivity contribution < 1.29 is 14.6 Å². The van der Waals surface area contributed by atoms with Crippen LogP contribution in [0.1, 0.15) is 25.7 Å². The van der Waals surface area contributed by atoms with Crippen molar-refractivity contribution in [2.24, 2.45) is 5.92 Å². The van der Waals surface area contributed by atoms with Crippen LogP contribution in [-0.2, 0) is 4.74 Å². The fourth-order valence-electron chi connectivity index (χ4n) is 2.89. The molecule has 0 atom stereocenters. The van der Waals surface area contributed by atoms with Crippen molar-refractivity contribution in [3.8, 4) is 0 Å². The number of carbonyl (C=O) groups is 1. The van der Waals surface area contributed by atoms with Gasteiger partial charge in [0.25, 0.3) is 0 Å². The Morgan fingerprint density at radius 3 is 2.47 bits per heavy atom. The van der Waals surface area contributed by atoms with E-state index in [1.165, 1.54) is 12.8 Å². The fourth-order valence-corrected chi connectivity index (χ4v) is 2.89. The minimum atomic E-state index is -0.902. The largest absolute Gasteiger partial charge is 0.465 e. The highest BCUT2D eigenvalue weighted by Crippen LogP contribution is 2.27. The molecule has 1 aliphatic heterocycles. The standard InChI is InChI=1S/C12H22N2O3/c15-12(16)13-9-10-1-3-11(4-2-10)14-5-7-17-8-6-14/h10-11,13H,1-9H2,(H,15,16)/t10-,11-. The lowest BCUT2D eigenvalue weighted by atomic mass is 9.85. The Bertz CT molecular complexity index is 246. The number of nitrogens with one attached hydrogen (secondary N) is 1. The van der Waals surface area contributed by atoms with Crippen molar-refractivity contribution in [3.63, 3.8) is 0 Å². The SMILES string of the molecule is O=C(O)NC[C@H]1CC[C@H](N2CCOCC2)CC1. The first kappa shape index (κ1) is 12.6. The minimum absolute atomic E-state index is 0.531. The molecule has 1 amide bonds. The predicted octanol–water partition coefficient (Wildman–Crippen LogP) is 1.14. The molecule has 0 radical (unpaired) electrons. The zero-order valence-corrected chi connectivity index (χ0v) is 10.2. The van der Waals surface area contributed by atoms with Crippen molar-refractivity contribution >= 4 is 6.09 Å². The average molecular weight is 242 g/mol. The summed E-state index contributed by atoms with van der Waals surface area (Å²) >= 11 is 0. The van der Waals surface area contributed by atoms with Gasteiger partial charge in [0.2, 0.25) is 0 Å². The van der Waals surface area contributed by atoms with E-state index in [-0.39, 0.29) is 0 Å². The first-order chi connectivity index (χ1) is 8.25. The van der Waals surface area contributed by atoms with Crippen LogP contribution in [0.5, 0.6) is 0 Å². The molecule has 98 valence electrons. The first-order valence-electron chi connectivity index (χ1n) is 6.54. The monoisotopic (exact) mass is 242 g/mol. The van der Waals surface area contributed by atoms with Gasteiger partial charge in [0.05, 0.1) is 13.2 Å².